The summed E-state index contributed by atoms with van der Waals surface area (Å²) in [6.07, 6.45) is 3.10. The van der Waals surface area contributed by atoms with Crippen molar-refractivity contribution in [1.29, 1.82) is 0 Å². The fraction of sp³-hybridized carbons (Fsp3) is 0.800. The summed E-state index contributed by atoms with van der Waals surface area (Å²) in [5.41, 5.74) is 0. The predicted octanol–water partition coefficient (Wildman–Crippen LogP) is 3.14. The second kappa shape index (κ2) is 4.73. The van der Waals surface area contributed by atoms with Crippen LogP contribution in [0.1, 0.15) is 26.2 Å². The van der Waals surface area contributed by atoms with Gasteiger partial charge in [-0.05, 0) is 6.42 Å². The Morgan fingerprint density at radius 1 is 1.43 bits per heavy atom. The van der Waals surface area contributed by atoms with Crippen molar-refractivity contribution in [3.63, 3.8) is 0 Å². The van der Waals surface area contributed by atoms with Crippen LogP contribution in [0.5, 0.6) is 0 Å². The van der Waals surface area contributed by atoms with Crippen molar-refractivity contribution in [3.05, 3.63) is 4.84 Å². The van der Waals surface area contributed by atoms with E-state index in [1.807, 2.05) is 0 Å². The third-order valence-electron chi connectivity index (χ3n) is 0.719. The van der Waals surface area contributed by atoms with Crippen molar-refractivity contribution in [2.24, 2.45) is 0 Å². The number of hydrogen-bond donors (Lipinski definition) is 0. The molecule has 0 saturated carbocycles. The van der Waals surface area contributed by atoms with Crippen LogP contribution in [0.25, 0.3) is 0 Å². The van der Waals surface area contributed by atoms with Crippen LogP contribution in [0.3, 0.4) is 0 Å². The maximum absolute atomic E-state index is 5.34. The van der Waals surface area contributed by atoms with Crippen LogP contribution in [0.2, 0.25) is 0 Å². The molecule has 0 bridgehead atoms. The Hall–Kier alpha value is 0.580. The molecule has 0 saturated heterocycles. The minimum Gasteiger partial charge on any atom is -0.0983 e. The first kappa shape index (κ1) is 7.58. The molecule has 0 aromatic heterocycles. The van der Waals surface area contributed by atoms with Crippen LogP contribution >= 0.6 is 23.2 Å². The lowest BCUT2D eigenvalue weighted by Gasteiger charge is -1.92. The molecule has 0 unspecified atom stereocenters. The molecule has 0 aromatic rings. The fourth-order valence-electron chi connectivity index (χ4n) is 0.310. The number of halogens is 2. The minimum atomic E-state index is 0.502. The Labute approximate surface area is 54.8 Å². The van der Waals surface area contributed by atoms with E-state index >= 15 is 0 Å². The average molecular weight is 140 g/mol. The van der Waals surface area contributed by atoms with E-state index in [9.17, 15) is 0 Å². The molecule has 7 heavy (non-hydrogen) atoms. The molecule has 1 radical (unpaired) electrons. The average Bonchev–Trinajstić information content (AvgIpc) is 1.61. The van der Waals surface area contributed by atoms with Gasteiger partial charge in [0.05, 0.1) is 0 Å². The van der Waals surface area contributed by atoms with Crippen molar-refractivity contribution in [1.82, 2.24) is 0 Å². The molecule has 0 aromatic carbocycles. The van der Waals surface area contributed by atoms with E-state index in [1.54, 1.807) is 0 Å². The van der Waals surface area contributed by atoms with Crippen molar-refractivity contribution < 1.29 is 0 Å². The topological polar surface area (TPSA) is 0 Å². The van der Waals surface area contributed by atoms with Gasteiger partial charge in [0.15, 0.2) is 4.84 Å². The first-order valence-corrected chi connectivity index (χ1v) is 3.19. The number of rotatable bonds is 3. The van der Waals surface area contributed by atoms with Crippen molar-refractivity contribution in [2.75, 3.05) is 0 Å². The number of hydrogen-bond acceptors (Lipinski definition) is 0. The molecule has 0 amide bonds. The standard InChI is InChI=1S/C5H9Cl2/c1-2-3-4-5(6)7/h2-4H2,1H3. The Balaban J connectivity index is 2.68. The van der Waals surface area contributed by atoms with Gasteiger partial charge in [0.25, 0.3) is 0 Å². The molecule has 0 aliphatic carbocycles. The molecule has 2 heteroatoms. The summed E-state index contributed by atoms with van der Waals surface area (Å²) in [6, 6.07) is 0. The third kappa shape index (κ3) is 6.58. The van der Waals surface area contributed by atoms with Gasteiger partial charge >= 0.3 is 0 Å². The van der Waals surface area contributed by atoms with Gasteiger partial charge in [-0.25, -0.2) is 0 Å². The molecule has 0 rings (SSSR count). The molecule has 0 aliphatic heterocycles. The van der Waals surface area contributed by atoms with Crippen LogP contribution in [-0.4, -0.2) is 0 Å². The monoisotopic (exact) mass is 139 g/mol. The summed E-state index contributed by atoms with van der Waals surface area (Å²) >= 11 is 10.7. The van der Waals surface area contributed by atoms with Crippen molar-refractivity contribution >= 4 is 23.2 Å². The van der Waals surface area contributed by atoms with Gasteiger partial charge in [0, 0.05) is 0 Å². The lowest BCUT2D eigenvalue weighted by Crippen LogP contribution is -1.74. The van der Waals surface area contributed by atoms with E-state index in [0.29, 0.717) is 4.84 Å². The SMILES string of the molecule is CCCC[C](Cl)Cl. The summed E-state index contributed by atoms with van der Waals surface area (Å²) < 4.78 is 0. The fourth-order valence-corrected chi connectivity index (χ4v) is 0.578. The molecule has 0 nitrogen and oxygen atoms in total. The van der Waals surface area contributed by atoms with Crippen molar-refractivity contribution in [2.45, 2.75) is 26.2 Å². The highest BCUT2D eigenvalue weighted by Gasteiger charge is 1.95. The molecule has 43 valence electrons. The van der Waals surface area contributed by atoms with Gasteiger partial charge in [-0.1, -0.05) is 43.0 Å². The van der Waals surface area contributed by atoms with E-state index in [-0.39, 0.29) is 0 Å². The summed E-state index contributed by atoms with van der Waals surface area (Å²) in [4.78, 5) is 0.502. The van der Waals surface area contributed by atoms with Crippen molar-refractivity contribution in [3.8, 4) is 0 Å². The van der Waals surface area contributed by atoms with E-state index in [2.05, 4.69) is 6.92 Å². The summed E-state index contributed by atoms with van der Waals surface area (Å²) in [6.45, 7) is 2.11. The largest absolute Gasteiger partial charge is 0.151 e. The Morgan fingerprint density at radius 2 is 2.00 bits per heavy atom. The van der Waals surface area contributed by atoms with Gasteiger partial charge in [0.1, 0.15) is 0 Å². The quantitative estimate of drug-likeness (QED) is 0.564. The molecular formula is C5H9Cl2. The lowest BCUT2D eigenvalue weighted by molar-refractivity contribution is 0.795. The summed E-state index contributed by atoms with van der Waals surface area (Å²) in [5, 5.41) is 0. The normalized spacial score (nSPS) is 10.3. The first-order chi connectivity index (χ1) is 3.27. The Bertz CT molecular complexity index is 35.1. The second-order valence-electron chi connectivity index (χ2n) is 1.44. The molecule has 0 N–H and O–H groups in total. The Morgan fingerprint density at radius 3 is 2.14 bits per heavy atom. The summed E-state index contributed by atoms with van der Waals surface area (Å²) in [5.74, 6) is 0. The van der Waals surface area contributed by atoms with Crippen LogP contribution in [0.15, 0.2) is 0 Å². The Kier molecular flexibility index (Phi) is 5.12. The van der Waals surface area contributed by atoms with Gasteiger partial charge in [0.2, 0.25) is 0 Å². The lowest BCUT2D eigenvalue weighted by atomic mass is 10.3. The maximum atomic E-state index is 5.34. The van der Waals surface area contributed by atoms with E-state index < -0.39 is 0 Å². The zero-order valence-corrected chi connectivity index (χ0v) is 5.89. The van der Waals surface area contributed by atoms with Crippen LogP contribution in [0.4, 0.5) is 0 Å². The third-order valence-corrected chi connectivity index (χ3v) is 1.10. The predicted molar refractivity (Wildman–Crippen MR) is 34.5 cm³/mol. The molecule has 0 atom stereocenters. The second-order valence-corrected chi connectivity index (χ2v) is 2.55. The van der Waals surface area contributed by atoms with Crippen LogP contribution < -0.4 is 0 Å². The highest BCUT2D eigenvalue weighted by atomic mass is 35.5. The zero-order chi connectivity index (χ0) is 5.70. The zero-order valence-electron chi connectivity index (χ0n) is 4.38. The van der Waals surface area contributed by atoms with Gasteiger partial charge < -0.3 is 0 Å². The van der Waals surface area contributed by atoms with E-state index in [0.717, 1.165) is 19.3 Å². The van der Waals surface area contributed by atoms with Gasteiger partial charge in [-0.3, -0.25) is 0 Å². The van der Waals surface area contributed by atoms with E-state index in [1.165, 1.54) is 0 Å². The maximum Gasteiger partial charge on any atom is 0.151 e. The van der Waals surface area contributed by atoms with Crippen LogP contribution in [-0.2, 0) is 0 Å². The highest BCUT2D eigenvalue weighted by Crippen LogP contribution is 2.18. The van der Waals surface area contributed by atoms with Crippen LogP contribution in [0, 0.1) is 4.84 Å². The molecular weight excluding hydrogens is 131 g/mol. The molecule has 0 aliphatic rings. The smallest absolute Gasteiger partial charge is 0.0983 e. The van der Waals surface area contributed by atoms with Gasteiger partial charge in [-0.2, -0.15) is 0 Å². The summed E-state index contributed by atoms with van der Waals surface area (Å²) in [7, 11) is 0. The number of unbranched alkanes of at least 4 members (excludes halogenated alkanes) is 1. The first-order valence-electron chi connectivity index (χ1n) is 2.44. The van der Waals surface area contributed by atoms with E-state index in [4.69, 9.17) is 23.2 Å². The molecule has 0 heterocycles. The molecule has 0 spiro atoms. The van der Waals surface area contributed by atoms with Gasteiger partial charge in [-0.15, -0.1) is 0 Å². The molecule has 0 fully saturated rings. The minimum absolute atomic E-state index is 0.502. The highest BCUT2D eigenvalue weighted by molar-refractivity contribution is 6.52.